The van der Waals surface area contributed by atoms with E-state index in [-0.39, 0.29) is 12.1 Å². The number of imidazole rings is 1. The second-order valence-electron chi connectivity index (χ2n) is 7.13. The number of hydrazine groups is 1. The summed E-state index contributed by atoms with van der Waals surface area (Å²) >= 11 is 0. The number of nitrogens with zero attached hydrogens (tertiary/aromatic N) is 2. The van der Waals surface area contributed by atoms with E-state index in [0.717, 1.165) is 24.4 Å². The average Bonchev–Trinajstić information content (AvgIpc) is 3.38. The molecule has 25 heavy (non-hydrogen) atoms. The summed E-state index contributed by atoms with van der Waals surface area (Å²) in [6.45, 7) is 0.763. The number of nitrogens with one attached hydrogen (secondary N) is 3. The van der Waals surface area contributed by atoms with Crippen LogP contribution in [0.4, 0.5) is 0 Å². The minimum atomic E-state index is -0.0273. The Morgan fingerprint density at radius 3 is 2.72 bits per heavy atom. The summed E-state index contributed by atoms with van der Waals surface area (Å²) in [4.78, 5) is 16.5. The van der Waals surface area contributed by atoms with Crippen LogP contribution >= 0.6 is 0 Å². The summed E-state index contributed by atoms with van der Waals surface area (Å²) in [6, 6.07) is 8.25. The summed E-state index contributed by atoms with van der Waals surface area (Å²) in [5.74, 6) is 0.720. The predicted molar refractivity (Wildman–Crippen MR) is 95.7 cm³/mol. The van der Waals surface area contributed by atoms with Gasteiger partial charge in [-0.3, -0.25) is 10.2 Å². The van der Waals surface area contributed by atoms with Crippen LogP contribution < -0.4 is 16.2 Å². The largest absolute Gasteiger partial charge is 0.335 e. The molecule has 2 heterocycles. The Balaban J connectivity index is 1.30. The Morgan fingerprint density at radius 2 is 2.00 bits per heavy atom. The molecule has 2 fully saturated rings. The Labute approximate surface area is 148 Å². The molecule has 6 nitrogen and oxygen atoms in total. The lowest BCUT2D eigenvalue weighted by molar-refractivity contribution is 0.0932. The summed E-state index contributed by atoms with van der Waals surface area (Å²) in [6.07, 6.45) is 11.7. The Morgan fingerprint density at radius 1 is 1.20 bits per heavy atom. The standard InChI is InChI=1S/C19H25N5O/c25-19(21-18-11-17(22-23-18)15-3-1-2-4-15)16-7-5-14(6-8-16)12-24-10-9-20-13-24/h5-10,13,15,17-18,22-23H,1-4,11-12H2,(H,21,25). The molecule has 1 saturated heterocycles. The summed E-state index contributed by atoms with van der Waals surface area (Å²) in [5, 5.41) is 3.09. The van der Waals surface area contributed by atoms with E-state index >= 15 is 0 Å². The lowest BCUT2D eigenvalue weighted by atomic mass is 9.96. The van der Waals surface area contributed by atoms with Crippen LogP contribution in [-0.2, 0) is 6.54 Å². The van der Waals surface area contributed by atoms with Crippen molar-refractivity contribution >= 4 is 5.91 Å². The molecular formula is C19H25N5O. The van der Waals surface area contributed by atoms with E-state index in [1.165, 1.54) is 25.7 Å². The smallest absolute Gasteiger partial charge is 0.252 e. The van der Waals surface area contributed by atoms with E-state index in [1.807, 2.05) is 35.0 Å². The van der Waals surface area contributed by atoms with Crippen molar-refractivity contribution in [1.82, 2.24) is 25.7 Å². The first kappa shape index (κ1) is 16.3. The van der Waals surface area contributed by atoms with Gasteiger partial charge in [-0.1, -0.05) is 25.0 Å². The molecule has 2 unspecified atom stereocenters. The van der Waals surface area contributed by atoms with Gasteiger partial charge in [0.1, 0.15) is 0 Å². The molecule has 1 aromatic heterocycles. The Hall–Kier alpha value is -2.18. The van der Waals surface area contributed by atoms with Gasteiger partial charge in [0.2, 0.25) is 0 Å². The third kappa shape index (κ3) is 3.91. The van der Waals surface area contributed by atoms with Gasteiger partial charge < -0.3 is 9.88 Å². The quantitative estimate of drug-likeness (QED) is 0.780. The van der Waals surface area contributed by atoms with Gasteiger partial charge in [0, 0.05) is 30.5 Å². The zero-order valence-corrected chi connectivity index (χ0v) is 14.3. The van der Waals surface area contributed by atoms with Gasteiger partial charge in [-0.05, 0) is 42.9 Å². The first-order valence-corrected chi connectivity index (χ1v) is 9.14. The van der Waals surface area contributed by atoms with Crippen LogP contribution in [0.3, 0.4) is 0 Å². The van der Waals surface area contributed by atoms with E-state index in [4.69, 9.17) is 0 Å². The van der Waals surface area contributed by atoms with Gasteiger partial charge in [0.05, 0.1) is 12.5 Å². The molecule has 2 atom stereocenters. The second kappa shape index (κ2) is 7.37. The molecule has 0 bridgehead atoms. The SMILES string of the molecule is O=C(NC1CC(C2CCCC2)NN1)c1ccc(Cn2ccnc2)cc1. The maximum absolute atomic E-state index is 12.5. The second-order valence-corrected chi connectivity index (χ2v) is 7.13. The van der Waals surface area contributed by atoms with Crippen molar-refractivity contribution in [3.63, 3.8) is 0 Å². The minimum absolute atomic E-state index is 0.00345. The normalized spacial score (nSPS) is 23.8. The van der Waals surface area contributed by atoms with E-state index in [2.05, 4.69) is 21.2 Å². The third-order valence-electron chi connectivity index (χ3n) is 5.35. The van der Waals surface area contributed by atoms with Crippen LogP contribution in [0, 0.1) is 5.92 Å². The van der Waals surface area contributed by atoms with Gasteiger partial charge in [0.15, 0.2) is 0 Å². The van der Waals surface area contributed by atoms with E-state index in [0.29, 0.717) is 11.6 Å². The number of carbonyl (C=O) groups excluding carboxylic acids is 1. The number of hydrogen-bond donors (Lipinski definition) is 3. The van der Waals surface area contributed by atoms with Gasteiger partial charge in [-0.25, -0.2) is 10.4 Å². The van der Waals surface area contributed by atoms with Crippen molar-refractivity contribution in [2.75, 3.05) is 0 Å². The molecule has 3 N–H and O–H groups in total. The number of rotatable bonds is 5. The zero-order valence-electron chi connectivity index (χ0n) is 14.3. The molecule has 2 aliphatic rings. The molecule has 0 radical (unpaired) electrons. The van der Waals surface area contributed by atoms with Crippen LogP contribution in [-0.4, -0.2) is 27.7 Å². The number of amides is 1. The van der Waals surface area contributed by atoms with Crippen LogP contribution in [0.15, 0.2) is 43.0 Å². The van der Waals surface area contributed by atoms with Crippen LogP contribution in [0.25, 0.3) is 0 Å². The summed E-state index contributed by atoms with van der Waals surface area (Å²) in [7, 11) is 0. The lowest BCUT2D eigenvalue weighted by Crippen LogP contribution is -2.44. The first-order chi connectivity index (χ1) is 12.3. The fraction of sp³-hybridized carbons (Fsp3) is 0.474. The maximum Gasteiger partial charge on any atom is 0.252 e. The monoisotopic (exact) mass is 339 g/mol. The van der Waals surface area contributed by atoms with Crippen molar-refractivity contribution < 1.29 is 4.79 Å². The molecule has 6 heteroatoms. The van der Waals surface area contributed by atoms with Crippen molar-refractivity contribution in [3.05, 3.63) is 54.1 Å². The molecule has 2 aromatic rings. The fourth-order valence-corrected chi connectivity index (χ4v) is 3.94. The minimum Gasteiger partial charge on any atom is -0.335 e. The Kier molecular flexibility index (Phi) is 4.81. The summed E-state index contributed by atoms with van der Waals surface area (Å²) in [5.41, 5.74) is 8.44. The highest BCUT2D eigenvalue weighted by atomic mass is 16.1. The van der Waals surface area contributed by atoms with Gasteiger partial charge in [-0.2, -0.15) is 0 Å². The molecule has 132 valence electrons. The molecule has 0 spiro atoms. The van der Waals surface area contributed by atoms with E-state index in [9.17, 15) is 4.79 Å². The highest BCUT2D eigenvalue weighted by Gasteiger charge is 2.32. The lowest BCUT2D eigenvalue weighted by Gasteiger charge is -2.16. The molecule has 4 rings (SSSR count). The van der Waals surface area contributed by atoms with Crippen molar-refractivity contribution in [2.45, 2.75) is 50.9 Å². The van der Waals surface area contributed by atoms with Gasteiger partial charge in [-0.15, -0.1) is 0 Å². The van der Waals surface area contributed by atoms with Crippen LogP contribution in [0.2, 0.25) is 0 Å². The van der Waals surface area contributed by atoms with Crippen molar-refractivity contribution in [3.8, 4) is 0 Å². The average molecular weight is 339 g/mol. The molecule has 1 aromatic carbocycles. The third-order valence-corrected chi connectivity index (χ3v) is 5.35. The molecular weight excluding hydrogens is 314 g/mol. The number of hydrogen-bond acceptors (Lipinski definition) is 4. The zero-order chi connectivity index (χ0) is 17.1. The molecule has 1 saturated carbocycles. The topological polar surface area (TPSA) is 71.0 Å². The van der Waals surface area contributed by atoms with Crippen LogP contribution in [0.1, 0.15) is 48.0 Å². The number of carbonyl (C=O) groups is 1. The predicted octanol–water partition coefficient (Wildman–Crippen LogP) is 2.04. The number of benzene rings is 1. The van der Waals surface area contributed by atoms with E-state index < -0.39 is 0 Å². The molecule has 1 amide bonds. The molecule has 1 aliphatic heterocycles. The molecule has 1 aliphatic carbocycles. The fourth-order valence-electron chi connectivity index (χ4n) is 3.94. The van der Waals surface area contributed by atoms with E-state index in [1.54, 1.807) is 12.5 Å². The summed E-state index contributed by atoms with van der Waals surface area (Å²) < 4.78 is 2.01. The highest BCUT2D eigenvalue weighted by Crippen LogP contribution is 2.30. The van der Waals surface area contributed by atoms with Crippen molar-refractivity contribution in [1.29, 1.82) is 0 Å². The highest BCUT2D eigenvalue weighted by molar-refractivity contribution is 5.94. The van der Waals surface area contributed by atoms with Gasteiger partial charge >= 0.3 is 0 Å². The maximum atomic E-state index is 12.5. The number of aromatic nitrogens is 2. The Bertz CT molecular complexity index is 691. The van der Waals surface area contributed by atoms with Crippen LogP contribution in [0.5, 0.6) is 0 Å². The first-order valence-electron chi connectivity index (χ1n) is 9.14. The van der Waals surface area contributed by atoms with Gasteiger partial charge in [0.25, 0.3) is 5.91 Å². The van der Waals surface area contributed by atoms with Crippen molar-refractivity contribution in [2.24, 2.45) is 5.92 Å².